The lowest BCUT2D eigenvalue weighted by Crippen LogP contribution is -2.50. The molecule has 0 heterocycles. The Bertz CT molecular complexity index is 1460. The molecule has 0 spiro atoms. The third-order valence-electron chi connectivity index (χ3n) is 6.77. The summed E-state index contributed by atoms with van der Waals surface area (Å²) in [7, 11) is 0. The maximum atomic E-state index is 14.5. The topological polar surface area (TPSA) is 130 Å². The normalized spacial score (nSPS) is 11.4. The van der Waals surface area contributed by atoms with E-state index in [0.717, 1.165) is 27.8 Å². The van der Waals surface area contributed by atoms with E-state index in [9.17, 15) is 14.4 Å². The molecule has 7 heteroatoms. The Labute approximate surface area is 233 Å². The van der Waals surface area contributed by atoms with E-state index >= 15 is 0 Å². The van der Waals surface area contributed by atoms with Gasteiger partial charge in [0.15, 0.2) is 0 Å². The van der Waals surface area contributed by atoms with Crippen LogP contribution >= 0.6 is 0 Å². The summed E-state index contributed by atoms with van der Waals surface area (Å²) in [4.78, 5) is 40.3. The van der Waals surface area contributed by atoms with Crippen molar-refractivity contribution in [2.75, 3.05) is 0 Å². The lowest BCUT2D eigenvalue weighted by Gasteiger charge is -2.33. The number of hydrogen-bond donors (Lipinski definition) is 2. The summed E-state index contributed by atoms with van der Waals surface area (Å²) in [6.07, 6.45) is 0.290. The first-order valence-corrected chi connectivity index (χ1v) is 12.9. The van der Waals surface area contributed by atoms with E-state index in [-0.39, 0.29) is 25.3 Å². The average Bonchev–Trinajstić information content (AvgIpc) is 2.97. The van der Waals surface area contributed by atoms with Gasteiger partial charge >= 0.3 is 0 Å². The molecule has 1 atom stereocenters. The number of nitrogens with zero attached hydrogens (tertiary/aromatic N) is 2. The number of nitriles is 1. The number of amides is 3. The zero-order chi connectivity index (χ0) is 28.5. The number of hydrogen-bond acceptors (Lipinski definition) is 4. The summed E-state index contributed by atoms with van der Waals surface area (Å²) in [6, 6.07) is 34.1. The highest BCUT2D eigenvalue weighted by atomic mass is 16.2. The molecule has 4 N–H and O–H groups in total. The van der Waals surface area contributed by atoms with Gasteiger partial charge in [0.1, 0.15) is 6.04 Å². The first kappa shape index (κ1) is 27.8. The van der Waals surface area contributed by atoms with Crippen LogP contribution in [0.5, 0.6) is 0 Å². The van der Waals surface area contributed by atoms with Gasteiger partial charge in [-0.1, -0.05) is 97.1 Å². The lowest BCUT2D eigenvalue weighted by molar-refractivity contribution is -0.140. The van der Waals surface area contributed by atoms with Gasteiger partial charge in [-0.25, -0.2) is 0 Å². The molecule has 40 heavy (non-hydrogen) atoms. The van der Waals surface area contributed by atoms with Crippen molar-refractivity contribution in [1.29, 1.82) is 5.26 Å². The van der Waals surface area contributed by atoms with E-state index in [1.54, 1.807) is 36.4 Å². The van der Waals surface area contributed by atoms with Crippen LogP contribution in [0.3, 0.4) is 0 Å². The maximum Gasteiger partial charge on any atom is 0.240 e. The zero-order valence-electron chi connectivity index (χ0n) is 21.9. The van der Waals surface area contributed by atoms with Gasteiger partial charge in [0.05, 0.1) is 24.0 Å². The summed E-state index contributed by atoms with van der Waals surface area (Å²) < 4.78 is 0. The fourth-order valence-electron chi connectivity index (χ4n) is 4.74. The van der Waals surface area contributed by atoms with Crippen LogP contribution in [0.15, 0.2) is 109 Å². The Balaban J connectivity index is 1.76. The zero-order valence-corrected chi connectivity index (χ0v) is 21.9. The first-order chi connectivity index (χ1) is 19.4. The number of benzene rings is 4. The van der Waals surface area contributed by atoms with Crippen molar-refractivity contribution < 1.29 is 14.4 Å². The van der Waals surface area contributed by atoms with E-state index in [0.29, 0.717) is 5.56 Å². The van der Waals surface area contributed by atoms with E-state index in [1.807, 2.05) is 72.8 Å². The summed E-state index contributed by atoms with van der Waals surface area (Å²) in [6.45, 7) is 0.121. The number of primary amides is 2. The molecule has 3 amide bonds. The van der Waals surface area contributed by atoms with Crippen LogP contribution in [-0.4, -0.2) is 28.7 Å². The third kappa shape index (κ3) is 7.00. The molecule has 0 bridgehead atoms. The minimum Gasteiger partial charge on any atom is -0.369 e. The molecule has 4 rings (SSSR count). The molecule has 0 aromatic heterocycles. The van der Waals surface area contributed by atoms with Crippen LogP contribution < -0.4 is 11.5 Å². The average molecular weight is 531 g/mol. The number of rotatable bonds is 11. The van der Waals surface area contributed by atoms with Gasteiger partial charge in [0.2, 0.25) is 17.7 Å². The Kier molecular flexibility index (Phi) is 9.06. The van der Waals surface area contributed by atoms with Gasteiger partial charge < -0.3 is 16.4 Å². The summed E-state index contributed by atoms with van der Waals surface area (Å²) >= 11 is 0. The Morgan fingerprint density at radius 3 is 1.68 bits per heavy atom. The predicted molar refractivity (Wildman–Crippen MR) is 152 cm³/mol. The minimum atomic E-state index is -0.958. The van der Waals surface area contributed by atoms with Gasteiger partial charge in [0.25, 0.3) is 0 Å². The highest BCUT2D eigenvalue weighted by Crippen LogP contribution is 2.29. The molecule has 0 aliphatic rings. The summed E-state index contributed by atoms with van der Waals surface area (Å²) in [5.41, 5.74) is 15.7. The van der Waals surface area contributed by atoms with Crippen LogP contribution in [0, 0.1) is 11.3 Å². The number of carbonyl (C=O) groups is 3. The molecular weight excluding hydrogens is 500 g/mol. The van der Waals surface area contributed by atoms with Gasteiger partial charge in [-0.2, -0.15) is 5.26 Å². The first-order valence-electron chi connectivity index (χ1n) is 12.9. The molecule has 4 aromatic rings. The standard InChI is InChI=1S/C33H30N4O3/c34-21-25-15-11-23(12-16-25)19-29(32(36)39)37(22-26-17-13-24(14-18-26)20-30(35)38)33(40)31(27-7-3-1-4-8-27)28-9-5-2-6-10-28/h1-18,29,31H,19-20,22H2,(H2,35,38)(H2,36,39)/t29-/m1/s1. The predicted octanol–water partition coefficient (Wildman–Crippen LogP) is 3.84. The Hall–Kier alpha value is -5.22. The van der Waals surface area contributed by atoms with Crippen molar-refractivity contribution in [2.45, 2.75) is 31.3 Å². The van der Waals surface area contributed by atoms with E-state index in [4.69, 9.17) is 16.7 Å². The van der Waals surface area contributed by atoms with E-state index in [2.05, 4.69) is 6.07 Å². The second kappa shape index (κ2) is 13.0. The van der Waals surface area contributed by atoms with Crippen LogP contribution in [0.25, 0.3) is 0 Å². The summed E-state index contributed by atoms with van der Waals surface area (Å²) in [5.74, 6) is -2.01. The van der Waals surface area contributed by atoms with Crippen LogP contribution in [0.2, 0.25) is 0 Å². The van der Waals surface area contributed by atoms with Crippen molar-refractivity contribution in [3.63, 3.8) is 0 Å². The molecule has 0 radical (unpaired) electrons. The van der Waals surface area contributed by atoms with Crippen molar-refractivity contribution in [2.24, 2.45) is 11.5 Å². The van der Waals surface area contributed by atoms with Crippen molar-refractivity contribution in [1.82, 2.24) is 4.90 Å². The fourth-order valence-corrected chi connectivity index (χ4v) is 4.74. The molecule has 200 valence electrons. The second-order valence-corrected chi connectivity index (χ2v) is 9.61. The van der Waals surface area contributed by atoms with Crippen LogP contribution in [0.1, 0.15) is 39.3 Å². The molecule has 7 nitrogen and oxygen atoms in total. The molecular formula is C33H30N4O3. The third-order valence-corrected chi connectivity index (χ3v) is 6.77. The van der Waals surface area contributed by atoms with E-state index in [1.165, 1.54) is 4.90 Å². The molecule has 4 aromatic carbocycles. The van der Waals surface area contributed by atoms with Crippen molar-refractivity contribution in [3.8, 4) is 6.07 Å². The Morgan fingerprint density at radius 2 is 1.20 bits per heavy atom. The van der Waals surface area contributed by atoms with E-state index < -0.39 is 23.8 Å². The maximum absolute atomic E-state index is 14.5. The van der Waals surface area contributed by atoms with Gasteiger partial charge in [-0.05, 0) is 39.9 Å². The SMILES string of the molecule is N#Cc1ccc(C[C@H](C(N)=O)N(Cc2ccc(CC(N)=O)cc2)C(=O)C(c2ccccc2)c2ccccc2)cc1. The van der Waals surface area contributed by atoms with Crippen molar-refractivity contribution in [3.05, 3.63) is 143 Å². The van der Waals surface area contributed by atoms with Crippen LogP contribution in [0.4, 0.5) is 0 Å². The molecule has 0 fully saturated rings. The Morgan fingerprint density at radius 1 is 0.700 bits per heavy atom. The quantitative estimate of drug-likeness (QED) is 0.305. The van der Waals surface area contributed by atoms with Gasteiger partial charge in [-0.3, -0.25) is 14.4 Å². The highest BCUT2D eigenvalue weighted by Gasteiger charge is 2.34. The number of carbonyl (C=O) groups excluding carboxylic acids is 3. The van der Waals surface area contributed by atoms with Gasteiger partial charge in [-0.15, -0.1) is 0 Å². The minimum absolute atomic E-state index is 0.107. The smallest absolute Gasteiger partial charge is 0.240 e. The molecule has 0 saturated carbocycles. The second-order valence-electron chi connectivity index (χ2n) is 9.61. The molecule has 0 aliphatic heterocycles. The monoisotopic (exact) mass is 530 g/mol. The molecule has 0 aliphatic carbocycles. The highest BCUT2D eigenvalue weighted by molar-refractivity contribution is 5.92. The number of nitrogens with two attached hydrogens (primary N) is 2. The molecule has 0 saturated heterocycles. The fraction of sp³-hybridized carbons (Fsp3) is 0.152. The largest absolute Gasteiger partial charge is 0.369 e. The molecule has 0 unspecified atom stereocenters. The summed E-state index contributed by atoms with van der Waals surface area (Å²) in [5, 5.41) is 9.17. The van der Waals surface area contributed by atoms with Crippen molar-refractivity contribution >= 4 is 17.7 Å². The van der Waals surface area contributed by atoms with Crippen LogP contribution in [-0.2, 0) is 33.8 Å². The van der Waals surface area contributed by atoms with Gasteiger partial charge in [0, 0.05) is 13.0 Å². The lowest BCUT2D eigenvalue weighted by atomic mass is 9.88.